The number of rotatable bonds is 6. The maximum absolute atomic E-state index is 12.0. The summed E-state index contributed by atoms with van der Waals surface area (Å²) in [5, 5.41) is 3.10. The fraction of sp³-hybridized carbons (Fsp3) is 0.667. The van der Waals surface area contributed by atoms with Crippen LogP contribution in [0.4, 0.5) is 5.69 Å². The summed E-state index contributed by atoms with van der Waals surface area (Å²) in [5.41, 5.74) is 1.03. The van der Waals surface area contributed by atoms with Gasteiger partial charge in [-0.25, -0.2) is 13.1 Å². The second kappa shape index (κ2) is 7.83. The Labute approximate surface area is 150 Å². The Morgan fingerprint density at radius 2 is 1.76 bits per heavy atom. The van der Waals surface area contributed by atoms with Gasteiger partial charge >= 0.3 is 0 Å². The lowest BCUT2D eigenvalue weighted by Crippen LogP contribution is -2.41. The van der Waals surface area contributed by atoms with Gasteiger partial charge in [0.2, 0.25) is 10.0 Å². The first kappa shape index (κ1) is 18.3. The predicted octanol–water partition coefficient (Wildman–Crippen LogP) is 2.76. The van der Waals surface area contributed by atoms with Crippen molar-refractivity contribution in [2.24, 2.45) is 5.92 Å². The molecule has 0 amide bonds. The van der Waals surface area contributed by atoms with Crippen molar-refractivity contribution in [1.82, 2.24) is 4.72 Å². The van der Waals surface area contributed by atoms with Crippen LogP contribution in [0, 0.1) is 5.92 Å². The van der Waals surface area contributed by atoms with Crippen LogP contribution in [-0.2, 0) is 10.0 Å². The number of anilines is 1. The van der Waals surface area contributed by atoms with E-state index in [2.05, 4.69) is 10.0 Å². The van der Waals surface area contributed by atoms with Crippen molar-refractivity contribution in [3.8, 4) is 11.5 Å². The van der Waals surface area contributed by atoms with Crippen molar-refractivity contribution in [1.29, 1.82) is 0 Å². The maximum atomic E-state index is 12.0. The standard InChI is InChI=1S/C18H28N2O4S/c1-13(2)25(21,22)20-15-5-3-14(4-6-15)12-19-16-7-8-17-18(11-16)24-10-9-23-17/h7-8,11,13-15,19-20H,3-6,9-10,12H2,1-2H3/t14-,15-. The van der Waals surface area contributed by atoms with Crippen LogP contribution < -0.4 is 19.5 Å². The Bertz CT molecular complexity index is 682. The summed E-state index contributed by atoms with van der Waals surface area (Å²) in [6.45, 7) is 5.51. The summed E-state index contributed by atoms with van der Waals surface area (Å²) in [6, 6.07) is 6.01. The molecule has 1 aromatic carbocycles. The number of hydrogen-bond donors (Lipinski definition) is 2. The minimum atomic E-state index is -3.17. The zero-order chi connectivity index (χ0) is 17.9. The molecule has 25 heavy (non-hydrogen) atoms. The summed E-state index contributed by atoms with van der Waals surface area (Å²) in [4.78, 5) is 0. The normalized spacial score (nSPS) is 23.5. The third-order valence-corrected chi connectivity index (χ3v) is 6.84. The van der Waals surface area contributed by atoms with E-state index < -0.39 is 10.0 Å². The van der Waals surface area contributed by atoms with Crippen molar-refractivity contribution in [3.63, 3.8) is 0 Å². The lowest BCUT2D eigenvalue weighted by atomic mass is 9.86. The fourth-order valence-electron chi connectivity index (χ4n) is 3.27. The minimum absolute atomic E-state index is 0.0814. The minimum Gasteiger partial charge on any atom is -0.486 e. The average molecular weight is 368 g/mol. The third-order valence-electron chi connectivity index (χ3n) is 4.94. The first-order chi connectivity index (χ1) is 11.9. The second-order valence-corrected chi connectivity index (χ2v) is 9.44. The Hall–Kier alpha value is -1.47. The van der Waals surface area contributed by atoms with Gasteiger partial charge in [0.1, 0.15) is 13.2 Å². The van der Waals surface area contributed by atoms with Crippen LogP contribution in [0.25, 0.3) is 0 Å². The van der Waals surface area contributed by atoms with Gasteiger partial charge in [-0.2, -0.15) is 0 Å². The summed E-state index contributed by atoms with van der Waals surface area (Å²) in [5.74, 6) is 2.16. The molecular weight excluding hydrogens is 340 g/mol. The molecule has 1 heterocycles. The van der Waals surface area contributed by atoms with Crippen molar-refractivity contribution >= 4 is 15.7 Å². The zero-order valence-electron chi connectivity index (χ0n) is 15.0. The van der Waals surface area contributed by atoms with Gasteiger partial charge in [0.05, 0.1) is 5.25 Å². The fourth-order valence-corrected chi connectivity index (χ4v) is 4.24. The molecule has 140 valence electrons. The molecule has 0 atom stereocenters. The quantitative estimate of drug-likeness (QED) is 0.807. The van der Waals surface area contributed by atoms with Crippen LogP contribution in [-0.4, -0.2) is 39.5 Å². The van der Waals surface area contributed by atoms with Crippen molar-refractivity contribution in [2.75, 3.05) is 25.1 Å². The lowest BCUT2D eigenvalue weighted by molar-refractivity contribution is 0.171. The highest BCUT2D eigenvalue weighted by Crippen LogP contribution is 2.33. The summed E-state index contributed by atoms with van der Waals surface area (Å²) < 4.78 is 37.9. The third kappa shape index (κ3) is 4.79. The largest absolute Gasteiger partial charge is 0.486 e. The van der Waals surface area contributed by atoms with Crippen LogP contribution in [0.15, 0.2) is 18.2 Å². The van der Waals surface area contributed by atoms with E-state index in [1.54, 1.807) is 13.8 Å². The van der Waals surface area contributed by atoms with Gasteiger partial charge in [0.25, 0.3) is 0 Å². The van der Waals surface area contributed by atoms with Gasteiger partial charge in [0.15, 0.2) is 11.5 Å². The summed E-state index contributed by atoms with van der Waals surface area (Å²) in [7, 11) is -3.17. The van der Waals surface area contributed by atoms with Crippen molar-refractivity contribution in [2.45, 2.75) is 50.8 Å². The Morgan fingerprint density at radius 1 is 1.08 bits per heavy atom. The van der Waals surface area contributed by atoms with Crippen LogP contribution >= 0.6 is 0 Å². The Morgan fingerprint density at radius 3 is 2.44 bits per heavy atom. The van der Waals surface area contributed by atoms with Gasteiger partial charge in [0, 0.05) is 24.3 Å². The summed E-state index contributed by atoms with van der Waals surface area (Å²) >= 11 is 0. The molecule has 1 aliphatic carbocycles. The van der Waals surface area contributed by atoms with Gasteiger partial charge in [-0.3, -0.25) is 0 Å². The lowest BCUT2D eigenvalue weighted by Gasteiger charge is -2.30. The number of sulfonamides is 1. The molecule has 2 aliphatic rings. The predicted molar refractivity (Wildman–Crippen MR) is 98.9 cm³/mol. The smallest absolute Gasteiger partial charge is 0.214 e. The molecule has 0 saturated heterocycles. The zero-order valence-corrected chi connectivity index (χ0v) is 15.8. The van der Waals surface area contributed by atoms with Crippen molar-refractivity contribution in [3.05, 3.63) is 18.2 Å². The monoisotopic (exact) mass is 368 g/mol. The van der Waals surface area contributed by atoms with E-state index in [-0.39, 0.29) is 11.3 Å². The SMILES string of the molecule is CC(C)S(=O)(=O)N[C@H]1CC[C@H](CNc2ccc3c(c2)OCCO3)CC1. The van der Waals surface area contributed by atoms with Gasteiger partial charge < -0.3 is 14.8 Å². The average Bonchev–Trinajstić information content (AvgIpc) is 2.60. The molecule has 0 radical (unpaired) electrons. The van der Waals surface area contributed by atoms with Crippen LogP contribution in [0.1, 0.15) is 39.5 Å². The first-order valence-electron chi connectivity index (χ1n) is 9.08. The Balaban J connectivity index is 1.45. The first-order valence-corrected chi connectivity index (χ1v) is 10.6. The molecule has 1 aliphatic heterocycles. The molecular formula is C18H28N2O4S. The maximum Gasteiger partial charge on any atom is 0.214 e. The molecule has 3 rings (SSSR count). The highest BCUT2D eigenvalue weighted by Gasteiger charge is 2.26. The van der Waals surface area contributed by atoms with Gasteiger partial charge in [-0.1, -0.05) is 0 Å². The summed E-state index contributed by atoms with van der Waals surface area (Å²) in [6.07, 6.45) is 3.87. The van der Waals surface area contributed by atoms with E-state index in [1.807, 2.05) is 18.2 Å². The number of hydrogen-bond acceptors (Lipinski definition) is 5. The van der Waals surface area contributed by atoms with E-state index in [4.69, 9.17) is 9.47 Å². The molecule has 1 aromatic rings. The number of fused-ring (bicyclic) bond motifs is 1. The molecule has 0 unspecified atom stereocenters. The molecule has 0 spiro atoms. The van der Waals surface area contributed by atoms with Crippen LogP contribution in [0.5, 0.6) is 11.5 Å². The second-order valence-electron chi connectivity index (χ2n) is 7.17. The number of benzene rings is 1. The van der Waals surface area contributed by atoms with E-state index in [0.29, 0.717) is 19.1 Å². The molecule has 1 saturated carbocycles. The van der Waals surface area contributed by atoms with E-state index >= 15 is 0 Å². The van der Waals surface area contributed by atoms with Gasteiger partial charge in [-0.15, -0.1) is 0 Å². The molecule has 0 aromatic heterocycles. The molecule has 0 bridgehead atoms. The van der Waals surface area contributed by atoms with Crippen LogP contribution in [0.3, 0.4) is 0 Å². The number of ether oxygens (including phenoxy) is 2. The van der Waals surface area contributed by atoms with Crippen LogP contribution in [0.2, 0.25) is 0 Å². The number of nitrogens with one attached hydrogen (secondary N) is 2. The molecule has 2 N–H and O–H groups in total. The highest BCUT2D eigenvalue weighted by atomic mass is 32.2. The van der Waals surface area contributed by atoms with E-state index in [9.17, 15) is 8.42 Å². The van der Waals surface area contributed by atoms with E-state index in [1.165, 1.54) is 0 Å². The molecule has 1 fully saturated rings. The molecule has 7 heteroatoms. The Kier molecular flexibility index (Phi) is 5.74. The van der Waals surface area contributed by atoms with Crippen molar-refractivity contribution < 1.29 is 17.9 Å². The topological polar surface area (TPSA) is 76.7 Å². The van der Waals surface area contributed by atoms with Gasteiger partial charge in [-0.05, 0) is 57.6 Å². The highest BCUT2D eigenvalue weighted by molar-refractivity contribution is 7.90. The molecule has 6 nitrogen and oxygen atoms in total. The van der Waals surface area contributed by atoms with E-state index in [0.717, 1.165) is 49.4 Å².